The van der Waals surface area contributed by atoms with E-state index in [1.165, 1.54) is 38.5 Å². The molecule has 1 N–H and O–H groups in total. The molecule has 0 heterocycles. The zero-order valence-corrected chi connectivity index (χ0v) is 8.00. The van der Waals surface area contributed by atoms with Gasteiger partial charge in [0.1, 0.15) is 0 Å². The van der Waals surface area contributed by atoms with Crippen molar-refractivity contribution < 1.29 is 5.11 Å². The predicted molar refractivity (Wildman–Crippen MR) is 49.9 cm³/mol. The maximum absolute atomic E-state index is 9.68. The molecule has 0 aliphatic heterocycles. The summed E-state index contributed by atoms with van der Waals surface area (Å²) in [6.45, 7) is 1.99. The average molecular weight is 168 g/mol. The molecule has 0 radical (unpaired) electrons. The van der Waals surface area contributed by atoms with E-state index in [1.54, 1.807) is 0 Å². The number of aliphatic hydroxyl groups excluding tert-OH is 1. The number of hydrogen-bond acceptors (Lipinski definition) is 1. The third-order valence-electron chi connectivity index (χ3n) is 3.95. The Labute approximate surface area is 75.2 Å². The molecule has 0 aromatic heterocycles. The van der Waals surface area contributed by atoms with Crippen molar-refractivity contribution in [1.29, 1.82) is 0 Å². The maximum atomic E-state index is 9.68. The van der Waals surface area contributed by atoms with Crippen LogP contribution >= 0.6 is 0 Å². The molecule has 0 aromatic rings. The van der Waals surface area contributed by atoms with E-state index in [2.05, 4.69) is 0 Å². The number of rotatable bonds is 1. The Morgan fingerprint density at radius 3 is 1.67 bits per heavy atom. The molecule has 0 amide bonds. The van der Waals surface area contributed by atoms with Crippen LogP contribution in [-0.2, 0) is 0 Å². The summed E-state index contributed by atoms with van der Waals surface area (Å²) in [5, 5.41) is 9.68. The molecule has 2 aliphatic carbocycles. The van der Waals surface area contributed by atoms with Gasteiger partial charge in [-0.2, -0.15) is 0 Å². The Bertz CT molecular complexity index is 131. The standard InChI is InChI=1S/C11H20O/c1-8(12)11-9-4-2-5-10(11)7-3-6-9/h8-12H,2-7H2,1H3. The lowest BCUT2D eigenvalue weighted by Gasteiger charge is -2.44. The minimum absolute atomic E-state index is 0.0550. The third-order valence-corrected chi connectivity index (χ3v) is 3.95. The van der Waals surface area contributed by atoms with Gasteiger partial charge < -0.3 is 5.11 Å². The fourth-order valence-electron chi connectivity index (χ4n) is 3.52. The van der Waals surface area contributed by atoms with E-state index >= 15 is 0 Å². The second-order valence-corrected chi connectivity index (χ2v) is 4.70. The van der Waals surface area contributed by atoms with E-state index in [1.807, 2.05) is 6.92 Å². The van der Waals surface area contributed by atoms with E-state index in [-0.39, 0.29) is 6.10 Å². The summed E-state index contributed by atoms with van der Waals surface area (Å²) in [5.41, 5.74) is 0. The summed E-state index contributed by atoms with van der Waals surface area (Å²) in [5.74, 6) is 2.36. The van der Waals surface area contributed by atoms with Gasteiger partial charge in [0, 0.05) is 0 Å². The number of fused-ring (bicyclic) bond motifs is 2. The fraction of sp³-hybridized carbons (Fsp3) is 1.00. The van der Waals surface area contributed by atoms with Crippen molar-refractivity contribution in [3.05, 3.63) is 0 Å². The van der Waals surface area contributed by atoms with Crippen molar-refractivity contribution in [2.75, 3.05) is 0 Å². The average Bonchev–Trinajstić information content (AvgIpc) is 2.02. The molecule has 12 heavy (non-hydrogen) atoms. The lowest BCUT2D eigenvalue weighted by Crippen LogP contribution is -2.38. The van der Waals surface area contributed by atoms with Crippen molar-refractivity contribution in [2.45, 2.75) is 51.6 Å². The van der Waals surface area contributed by atoms with Crippen LogP contribution < -0.4 is 0 Å². The van der Waals surface area contributed by atoms with Crippen LogP contribution in [0.5, 0.6) is 0 Å². The first kappa shape index (κ1) is 8.55. The second kappa shape index (κ2) is 3.37. The van der Waals surface area contributed by atoms with Gasteiger partial charge in [0.25, 0.3) is 0 Å². The molecule has 2 bridgehead atoms. The van der Waals surface area contributed by atoms with Gasteiger partial charge in [-0.25, -0.2) is 0 Å². The van der Waals surface area contributed by atoms with Crippen molar-refractivity contribution >= 4 is 0 Å². The molecule has 1 nitrogen and oxygen atoms in total. The lowest BCUT2D eigenvalue weighted by molar-refractivity contribution is -0.00786. The van der Waals surface area contributed by atoms with Gasteiger partial charge in [-0.3, -0.25) is 0 Å². The van der Waals surface area contributed by atoms with Crippen LogP contribution in [0.3, 0.4) is 0 Å². The quantitative estimate of drug-likeness (QED) is 0.638. The highest BCUT2D eigenvalue weighted by molar-refractivity contribution is 4.88. The SMILES string of the molecule is CC(O)C1C2CCCC1CCC2. The van der Waals surface area contributed by atoms with Crippen molar-refractivity contribution in [1.82, 2.24) is 0 Å². The Balaban J connectivity index is 2.08. The molecule has 1 unspecified atom stereocenters. The van der Waals surface area contributed by atoms with Gasteiger partial charge in [-0.15, -0.1) is 0 Å². The minimum atomic E-state index is -0.0550. The molecule has 0 spiro atoms. The highest BCUT2D eigenvalue weighted by atomic mass is 16.3. The van der Waals surface area contributed by atoms with Crippen LogP contribution in [0.1, 0.15) is 45.4 Å². The Hall–Kier alpha value is -0.0400. The highest BCUT2D eigenvalue weighted by Gasteiger charge is 2.38. The van der Waals surface area contributed by atoms with E-state index < -0.39 is 0 Å². The summed E-state index contributed by atoms with van der Waals surface area (Å²) >= 11 is 0. The van der Waals surface area contributed by atoms with E-state index in [0.717, 1.165) is 11.8 Å². The number of aliphatic hydroxyl groups is 1. The minimum Gasteiger partial charge on any atom is -0.393 e. The zero-order valence-electron chi connectivity index (χ0n) is 8.00. The van der Waals surface area contributed by atoms with E-state index in [4.69, 9.17) is 0 Å². The molecule has 0 aromatic carbocycles. The summed E-state index contributed by atoms with van der Waals surface area (Å²) in [6, 6.07) is 0. The van der Waals surface area contributed by atoms with Crippen molar-refractivity contribution in [3.63, 3.8) is 0 Å². The molecular formula is C11H20O. The zero-order chi connectivity index (χ0) is 8.55. The summed E-state index contributed by atoms with van der Waals surface area (Å²) in [6.07, 6.45) is 8.30. The van der Waals surface area contributed by atoms with Gasteiger partial charge in [0.05, 0.1) is 6.10 Å². The molecule has 2 aliphatic rings. The predicted octanol–water partition coefficient (Wildman–Crippen LogP) is 2.58. The number of hydrogen-bond donors (Lipinski definition) is 1. The van der Waals surface area contributed by atoms with Crippen LogP contribution in [0.15, 0.2) is 0 Å². The Morgan fingerprint density at radius 2 is 1.42 bits per heavy atom. The molecule has 0 saturated heterocycles. The normalized spacial score (nSPS) is 44.0. The Kier molecular flexibility index (Phi) is 2.40. The molecule has 70 valence electrons. The van der Waals surface area contributed by atoms with Crippen LogP contribution in [0.25, 0.3) is 0 Å². The first-order valence-electron chi connectivity index (χ1n) is 5.47. The monoisotopic (exact) mass is 168 g/mol. The van der Waals surface area contributed by atoms with E-state index in [0.29, 0.717) is 5.92 Å². The van der Waals surface area contributed by atoms with Gasteiger partial charge in [0.2, 0.25) is 0 Å². The lowest BCUT2D eigenvalue weighted by atomic mass is 9.63. The Morgan fingerprint density at radius 1 is 1.00 bits per heavy atom. The highest BCUT2D eigenvalue weighted by Crippen LogP contribution is 2.45. The molecule has 2 rings (SSSR count). The second-order valence-electron chi connectivity index (χ2n) is 4.70. The van der Waals surface area contributed by atoms with Crippen LogP contribution in [-0.4, -0.2) is 11.2 Å². The van der Waals surface area contributed by atoms with Gasteiger partial charge in [-0.1, -0.05) is 38.5 Å². The fourth-order valence-corrected chi connectivity index (χ4v) is 3.52. The summed E-state index contributed by atoms with van der Waals surface area (Å²) < 4.78 is 0. The van der Waals surface area contributed by atoms with Crippen LogP contribution in [0, 0.1) is 17.8 Å². The summed E-state index contributed by atoms with van der Waals surface area (Å²) in [4.78, 5) is 0. The first-order valence-corrected chi connectivity index (χ1v) is 5.47. The third kappa shape index (κ3) is 1.39. The smallest absolute Gasteiger partial charge is 0.0545 e. The maximum Gasteiger partial charge on any atom is 0.0545 e. The first-order chi connectivity index (χ1) is 5.79. The molecule has 1 atom stereocenters. The topological polar surface area (TPSA) is 20.2 Å². The molecular weight excluding hydrogens is 148 g/mol. The largest absolute Gasteiger partial charge is 0.393 e. The van der Waals surface area contributed by atoms with Gasteiger partial charge >= 0.3 is 0 Å². The van der Waals surface area contributed by atoms with E-state index in [9.17, 15) is 5.11 Å². The van der Waals surface area contributed by atoms with Crippen LogP contribution in [0.2, 0.25) is 0 Å². The summed E-state index contributed by atoms with van der Waals surface area (Å²) in [7, 11) is 0. The van der Waals surface area contributed by atoms with Crippen molar-refractivity contribution in [3.8, 4) is 0 Å². The molecule has 1 heteroatoms. The van der Waals surface area contributed by atoms with Gasteiger partial charge in [0.15, 0.2) is 0 Å². The van der Waals surface area contributed by atoms with Gasteiger partial charge in [-0.05, 0) is 24.7 Å². The molecule has 2 saturated carbocycles. The van der Waals surface area contributed by atoms with Crippen molar-refractivity contribution in [2.24, 2.45) is 17.8 Å². The molecule has 2 fully saturated rings. The van der Waals surface area contributed by atoms with Crippen LogP contribution in [0.4, 0.5) is 0 Å².